The molecule has 4 rings (SSSR count). The summed E-state index contributed by atoms with van der Waals surface area (Å²) in [6.07, 6.45) is 1.70. The van der Waals surface area contributed by atoms with E-state index in [4.69, 9.17) is 9.97 Å². The van der Waals surface area contributed by atoms with Crippen LogP contribution in [0, 0.1) is 0 Å². The summed E-state index contributed by atoms with van der Waals surface area (Å²) in [5.41, 5.74) is 3.20. The van der Waals surface area contributed by atoms with Gasteiger partial charge in [-0.05, 0) is 42.8 Å². The Kier molecular flexibility index (Phi) is 8.28. The van der Waals surface area contributed by atoms with E-state index in [9.17, 15) is 4.79 Å². The molecular formula is C22H38B10N8O. The molecule has 4 heterocycles. The van der Waals surface area contributed by atoms with Crippen LogP contribution >= 0.6 is 0 Å². The minimum atomic E-state index is -0.283. The summed E-state index contributed by atoms with van der Waals surface area (Å²) in [5.74, 6) is 2.03. The van der Waals surface area contributed by atoms with Crippen LogP contribution in [-0.2, 0) is 19.6 Å². The molecule has 41 heavy (non-hydrogen) atoms. The van der Waals surface area contributed by atoms with Gasteiger partial charge in [0, 0.05) is 18.7 Å². The normalized spacial score (nSPS) is 14.3. The van der Waals surface area contributed by atoms with Crippen molar-refractivity contribution in [2.45, 2.75) is 47.5 Å². The standard InChI is InChI=1S/C22H38B10N8O/c1-3-38-10-34-37-17(38)13-5-4-6-15(35-13)39-9-12-11(18(39)41)7-16(36-14(12)8-33-2)40(21(29,30)19(23,24)25)22(31,32)20(26,27)28/h4-7,10,33H,3,8-9,23-32H2,1-2H3. The molecule has 0 unspecified atom stereocenters. The van der Waals surface area contributed by atoms with Gasteiger partial charge in [0.05, 0.1) is 64.9 Å². The maximum Gasteiger partial charge on any atom is 0.260 e. The number of nitrogens with zero attached hydrogens (tertiary/aromatic N) is 7. The topological polar surface area (TPSA) is 92.1 Å². The number of anilines is 2. The Morgan fingerprint density at radius 2 is 1.61 bits per heavy atom. The van der Waals surface area contributed by atoms with Crippen molar-refractivity contribution in [1.29, 1.82) is 0 Å². The van der Waals surface area contributed by atoms with E-state index in [-0.39, 0.29) is 26.8 Å². The fourth-order valence-corrected chi connectivity index (χ4v) is 5.29. The first-order valence-electron chi connectivity index (χ1n) is 14.6. The maximum atomic E-state index is 14.1. The molecule has 0 saturated carbocycles. The average Bonchev–Trinajstić information content (AvgIpc) is 3.48. The zero-order chi connectivity index (χ0) is 30.5. The van der Waals surface area contributed by atoms with Crippen LogP contribution in [0.4, 0.5) is 11.6 Å². The molecule has 3 aromatic rings. The largest absolute Gasteiger partial charge is 0.380 e. The molecule has 0 bridgehead atoms. The summed E-state index contributed by atoms with van der Waals surface area (Å²) in [4.78, 5) is 28.5. The van der Waals surface area contributed by atoms with Crippen molar-refractivity contribution < 1.29 is 4.79 Å². The second-order valence-corrected chi connectivity index (χ2v) is 14.1. The van der Waals surface area contributed by atoms with Crippen LogP contribution in [-0.4, -0.2) is 127 Å². The third-order valence-electron chi connectivity index (χ3n) is 9.55. The van der Waals surface area contributed by atoms with Crippen LogP contribution in [0.15, 0.2) is 30.6 Å². The molecule has 19 heteroatoms. The number of carbonyl (C=O) groups is 1. The molecule has 0 atom stereocenters. The van der Waals surface area contributed by atoms with Crippen LogP contribution in [0.1, 0.15) is 28.5 Å². The molecule has 1 amide bonds. The van der Waals surface area contributed by atoms with Gasteiger partial charge in [-0.15, -0.1) is 20.4 Å². The van der Waals surface area contributed by atoms with Crippen LogP contribution in [0.25, 0.3) is 11.5 Å². The van der Waals surface area contributed by atoms with Crippen molar-refractivity contribution in [3.63, 3.8) is 0 Å². The molecule has 9 nitrogen and oxygen atoms in total. The van der Waals surface area contributed by atoms with E-state index in [2.05, 4.69) is 98.9 Å². The van der Waals surface area contributed by atoms with Crippen LogP contribution in [0.2, 0.25) is 10.2 Å². The Hall–Kier alpha value is -2.68. The van der Waals surface area contributed by atoms with Gasteiger partial charge in [0.15, 0.2) is 5.82 Å². The number of carbonyl (C=O) groups excluding carboxylic acids is 1. The van der Waals surface area contributed by atoms with Gasteiger partial charge in [-0.25, -0.2) is 9.97 Å². The summed E-state index contributed by atoms with van der Waals surface area (Å²) in [6, 6.07) is 7.71. The van der Waals surface area contributed by atoms with E-state index < -0.39 is 0 Å². The van der Waals surface area contributed by atoms with E-state index in [1.165, 1.54) is 0 Å². The van der Waals surface area contributed by atoms with Crippen LogP contribution in [0.5, 0.6) is 0 Å². The SMILES string of the molecule is BC(B)(B)C(B)(B)N(c1cc2c(c(CNC)n1)CN(c1cccc(-c3nncn3CC)n1)C2=O)C(B)(B)C(B)(B)B. The molecule has 3 aromatic heterocycles. The summed E-state index contributed by atoms with van der Waals surface area (Å²) in [5, 5.41) is 10.9. The fraction of sp³-hybridized carbons (Fsp3) is 0.409. The number of hydrogen-bond acceptors (Lipinski definition) is 7. The Morgan fingerprint density at radius 3 is 2.17 bits per heavy atom. The zero-order valence-corrected chi connectivity index (χ0v) is 27.0. The van der Waals surface area contributed by atoms with Crippen molar-refractivity contribution in [3.8, 4) is 11.5 Å². The van der Waals surface area contributed by atoms with Gasteiger partial charge >= 0.3 is 0 Å². The van der Waals surface area contributed by atoms with Gasteiger partial charge < -0.3 is 14.8 Å². The average molecular weight is 539 g/mol. The molecule has 202 valence electrons. The van der Waals surface area contributed by atoms with Gasteiger partial charge in [-0.1, -0.05) is 6.07 Å². The number of nitrogens with one attached hydrogen (secondary N) is 1. The van der Waals surface area contributed by atoms with E-state index in [1.54, 1.807) is 11.2 Å². The molecule has 1 N–H and O–H groups in total. The molecular weight excluding hydrogens is 500 g/mol. The Morgan fingerprint density at radius 1 is 0.976 bits per heavy atom. The highest BCUT2D eigenvalue weighted by Crippen LogP contribution is 2.43. The zero-order valence-electron chi connectivity index (χ0n) is 27.0. The van der Waals surface area contributed by atoms with Gasteiger partial charge in [0.25, 0.3) is 5.91 Å². The highest BCUT2D eigenvalue weighted by molar-refractivity contribution is 6.71. The van der Waals surface area contributed by atoms with Crippen molar-refractivity contribution in [2.75, 3.05) is 16.8 Å². The molecule has 0 aliphatic carbocycles. The molecule has 0 radical (unpaired) electrons. The predicted octanol–water partition coefficient (Wildman–Crippen LogP) is -7.77. The number of aromatic nitrogens is 5. The molecule has 0 spiro atoms. The molecule has 1 aliphatic heterocycles. The first kappa shape index (κ1) is 31.3. The van der Waals surface area contributed by atoms with Crippen molar-refractivity contribution in [3.05, 3.63) is 47.4 Å². The molecule has 1 aliphatic rings. The summed E-state index contributed by atoms with van der Waals surface area (Å²) < 4.78 is 1.94. The van der Waals surface area contributed by atoms with Crippen molar-refractivity contribution >= 4 is 96.0 Å². The number of amides is 1. The smallest absolute Gasteiger partial charge is 0.260 e. The second kappa shape index (κ2) is 10.9. The summed E-state index contributed by atoms with van der Waals surface area (Å²) in [7, 11) is 24.7. The number of rotatable bonds is 10. The van der Waals surface area contributed by atoms with E-state index in [0.29, 0.717) is 36.0 Å². The Balaban J connectivity index is 1.86. The monoisotopic (exact) mass is 540 g/mol. The quantitative estimate of drug-likeness (QED) is 0.257. The van der Waals surface area contributed by atoms with E-state index in [1.807, 2.05) is 42.8 Å². The molecule has 0 fully saturated rings. The molecule has 0 saturated heterocycles. The lowest BCUT2D eigenvalue weighted by molar-refractivity contribution is 0.0996. The number of aryl methyl sites for hydroxylation is 1. The number of pyridine rings is 2. The van der Waals surface area contributed by atoms with E-state index in [0.717, 1.165) is 23.6 Å². The maximum absolute atomic E-state index is 14.1. The summed E-state index contributed by atoms with van der Waals surface area (Å²) in [6.45, 7) is 3.75. The minimum absolute atomic E-state index is 0.0651. The van der Waals surface area contributed by atoms with Crippen LogP contribution < -0.4 is 15.1 Å². The number of fused-ring (bicyclic) bond motifs is 1. The predicted molar refractivity (Wildman–Crippen MR) is 195 cm³/mol. The summed E-state index contributed by atoms with van der Waals surface area (Å²) >= 11 is 0. The lowest BCUT2D eigenvalue weighted by Gasteiger charge is -2.61. The minimum Gasteiger partial charge on any atom is -0.380 e. The van der Waals surface area contributed by atoms with Gasteiger partial charge in [-0.3, -0.25) is 9.69 Å². The number of hydrogen-bond donors (Lipinski definition) is 1. The second-order valence-electron chi connectivity index (χ2n) is 14.1. The van der Waals surface area contributed by atoms with Gasteiger partial charge in [0.2, 0.25) is 0 Å². The van der Waals surface area contributed by atoms with Gasteiger partial charge in [-0.2, -0.15) is 0 Å². The lowest BCUT2D eigenvalue weighted by Crippen LogP contribution is -2.72. The third-order valence-corrected chi connectivity index (χ3v) is 9.55. The lowest BCUT2D eigenvalue weighted by atomic mass is 9.22. The highest BCUT2D eigenvalue weighted by atomic mass is 16.2. The first-order valence-corrected chi connectivity index (χ1v) is 14.6. The Labute approximate surface area is 253 Å². The van der Waals surface area contributed by atoms with Crippen LogP contribution in [0.3, 0.4) is 0 Å². The Bertz CT molecular complexity index is 1430. The van der Waals surface area contributed by atoms with E-state index >= 15 is 0 Å². The fourth-order valence-electron chi connectivity index (χ4n) is 5.29. The van der Waals surface area contributed by atoms with Crippen molar-refractivity contribution in [1.82, 2.24) is 30.0 Å². The van der Waals surface area contributed by atoms with Crippen molar-refractivity contribution in [2.24, 2.45) is 0 Å². The third kappa shape index (κ3) is 5.46. The highest BCUT2D eigenvalue weighted by Gasteiger charge is 2.49. The molecule has 0 aromatic carbocycles. The first-order chi connectivity index (χ1) is 19.0. The van der Waals surface area contributed by atoms with Gasteiger partial charge in [0.1, 0.15) is 55.0 Å².